The minimum absolute atomic E-state index is 0.130. The van der Waals surface area contributed by atoms with Gasteiger partial charge in [0.15, 0.2) is 22.5 Å². The van der Waals surface area contributed by atoms with Crippen molar-refractivity contribution >= 4 is 23.4 Å². The van der Waals surface area contributed by atoms with Gasteiger partial charge >= 0.3 is 0 Å². The monoisotopic (exact) mass is 478 g/mol. The molecule has 9 heteroatoms. The number of benzene rings is 3. The van der Waals surface area contributed by atoms with Crippen LogP contribution in [-0.2, 0) is 11.3 Å². The fourth-order valence-corrected chi connectivity index (χ4v) is 4.10. The zero-order valence-electron chi connectivity index (χ0n) is 18.7. The van der Waals surface area contributed by atoms with Crippen molar-refractivity contribution in [2.75, 3.05) is 25.3 Å². The Morgan fingerprint density at radius 1 is 0.971 bits per heavy atom. The topological polar surface area (TPSA) is 78.3 Å². The van der Waals surface area contributed by atoms with Crippen LogP contribution >= 0.6 is 11.8 Å². The van der Waals surface area contributed by atoms with Gasteiger partial charge in [0, 0.05) is 17.3 Å². The maximum atomic E-state index is 13.4. The van der Waals surface area contributed by atoms with Crippen LogP contribution in [0.3, 0.4) is 0 Å². The Morgan fingerprint density at radius 3 is 2.41 bits per heavy atom. The Hall–Kier alpha value is -3.85. The molecule has 0 aliphatic rings. The first-order chi connectivity index (χ1) is 16.6. The highest BCUT2D eigenvalue weighted by molar-refractivity contribution is 7.99. The van der Waals surface area contributed by atoms with Crippen molar-refractivity contribution in [1.29, 1.82) is 0 Å². The van der Waals surface area contributed by atoms with Crippen molar-refractivity contribution in [3.63, 3.8) is 0 Å². The lowest BCUT2D eigenvalue weighted by atomic mass is 10.2. The number of hydrogen-bond donors (Lipinski definition) is 1. The van der Waals surface area contributed by atoms with Crippen molar-refractivity contribution in [2.45, 2.75) is 11.7 Å². The minimum Gasteiger partial charge on any atom is -0.493 e. The van der Waals surface area contributed by atoms with E-state index in [0.29, 0.717) is 34.7 Å². The molecule has 0 aliphatic carbocycles. The molecule has 4 rings (SSSR count). The lowest BCUT2D eigenvalue weighted by molar-refractivity contribution is -0.113. The highest BCUT2D eigenvalue weighted by Gasteiger charge is 2.17. The SMILES string of the molecule is COc1ccc(NC(=O)CSc2nnc(-c3ccc(F)cc3)n2Cc2ccccc2)cc1OC. The van der Waals surface area contributed by atoms with E-state index in [-0.39, 0.29) is 17.5 Å². The third-order valence-electron chi connectivity index (χ3n) is 5.00. The summed E-state index contributed by atoms with van der Waals surface area (Å²) in [6, 6.07) is 21.2. The van der Waals surface area contributed by atoms with E-state index in [1.54, 1.807) is 37.4 Å². The molecule has 34 heavy (non-hydrogen) atoms. The number of ether oxygens (including phenoxy) is 2. The first-order valence-electron chi connectivity index (χ1n) is 10.4. The molecule has 0 atom stereocenters. The van der Waals surface area contributed by atoms with Crippen LogP contribution in [0.5, 0.6) is 11.5 Å². The van der Waals surface area contributed by atoms with Crippen LogP contribution in [0.2, 0.25) is 0 Å². The van der Waals surface area contributed by atoms with Gasteiger partial charge in [-0.2, -0.15) is 0 Å². The molecule has 0 saturated heterocycles. The lowest BCUT2D eigenvalue weighted by Gasteiger charge is -2.12. The number of amides is 1. The van der Waals surface area contributed by atoms with Gasteiger partial charge in [0.05, 0.1) is 26.5 Å². The van der Waals surface area contributed by atoms with E-state index >= 15 is 0 Å². The number of aromatic nitrogens is 3. The molecule has 4 aromatic rings. The normalized spacial score (nSPS) is 10.7. The molecule has 0 saturated carbocycles. The van der Waals surface area contributed by atoms with Crippen LogP contribution in [0.4, 0.5) is 10.1 Å². The predicted octanol–water partition coefficient (Wildman–Crippen LogP) is 4.88. The number of anilines is 1. The largest absolute Gasteiger partial charge is 0.493 e. The van der Waals surface area contributed by atoms with Gasteiger partial charge in [-0.15, -0.1) is 10.2 Å². The van der Waals surface area contributed by atoms with Gasteiger partial charge < -0.3 is 14.8 Å². The number of nitrogens with zero attached hydrogens (tertiary/aromatic N) is 3. The number of carbonyl (C=O) groups is 1. The molecule has 7 nitrogen and oxygen atoms in total. The Bertz CT molecular complexity index is 1260. The molecular weight excluding hydrogens is 455 g/mol. The molecule has 0 aliphatic heterocycles. The second-order valence-electron chi connectivity index (χ2n) is 7.29. The molecule has 0 radical (unpaired) electrons. The summed E-state index contributed by atoms with van der Waals surface area (Å²) >= 11 is 1.28. The number of methoxy groups -OCH3 is 2. The molecule has 0 spiro atoms. The van der Waals surface area contributed by atoms with E-state index in [4.69, 9.17) is 9.47 Å². The molecule has 0 unspecified atom stereocenters. The van der Waals surface area contributed by atoms with Gasteiger partial charge in [-0.05, 0) is 42.0 Å². The Labute approximate surface area is 200 Å². The van der Waals surface area contributed by atoms with Crippen LogP contribution in [-0.4, -0.2) is 40.6 Å². The first-order valence-corrected chi connectivity index (χ1v) is 11.4. The summed E-state index contributed by atoms with van der Waals surface area (Å²) in [5, 5.41) is 12.1. The summed E-state index contributed by atoms with van der Waals surface area (Å²) in [7, 11) is 3.09. The van der Waals surface area contributed by atoms with Gasteiger partial charge in [0.1, 0.15) is 5.82 Å². The number of halogens is 1. The van der Waals surface area contributed by atoms with Crippen molar-refractivity contribution in [1.82, 2.24) is 14.8 Å². The zero-order chi connectivity index (χ0) is 23.9. The lowest BCUT2D eigenvalue weighted by Crippen LogP contribution is -2.15. The van der Waals surface area contributed by atoms with Crippen molar-refractivity contribution in [3.05, 3.63) is 84.2 Å². The third kappa shape index (κ3) is 5.55. The maximum Gasteiger partial charge on any atom is 0.234 e. The average molecular weight is 479 g/mol. The molecule has 1 N–H and O–H groups in total. The Morgan fingerprint density at radius 2 is 1.71 bits per heavy atom. The van der Waals surface area contributed by atoms with E-state index in [1.807, 2.05) is 34.9 Å². The molecule has 1 aromatic heterocycles. The standard InChI is InChI=1S/C25H23FN4O3S/c1-32-21-13-12-20(14-22(21)33-2)27-23(31)16-34-25-29-28-24(18-8-10-19(26)11-9-18)30(25)15-17-6-4-3-5-7-17/h3-14H,15-16H2,1-2H3,(H,27,31). The highest BCUT2D eigenvalue weighted by atomic mass is 32.2. The van der Waals surface area contributed by atoms with Gasteiger partial charge in [-0.3, -0.25) is 9.36 Å². The number of carbonyl (C=O) groups excluding carboxylic acids is 1. The maximum absolute atomic E-state index is 13.4. The summed E-state index contributed by atoms with van der Waals surface area (Å²) < 4.78 is 25.9. The van der Waals surface area contributed by atoms with E-state index in [9.17, 15) is 9.18 Å². The Kier molecular flexibility index (Phi) is 7.44. The Balaban J connectivity index is 1.52. The van der Waals surface area contributed by atoms with Gasteiger partial charge in [0.25, 0.3) is 0 Å². The van der Waals surface area contributed by atoms with Crippen LogP contribution < -0.4 is 14.8 Å². The number of rotatable bonds is 9. The van der Waals surface area contributed by atoms with E-state index in [2.05, 4.69) is 15.5 Å². The summed E-state index contributed by atoms with van der Waals surface area (Å²) in [6.45, 7) is 0.514. The third-order valence-corrected chi connectivity index (χ3v) is 5.97. The fourth-order valence-electron chi connectivity index (χ4n) is 3.36. The molecule has 0 bridgehead atoms. The van der Waals surface area contributed by atoms with Crippen LogP contribution in [0.25, 0.3) is 11.4 Å². The molecule has 0 fully saturated rings. The first kappa shape index (κ1) is 23.3. The fraction of sp³-hybridized carbons (Fsp3) is 0.160. The summed E-state index contributed by atoms with van der Waals surface area (Å²) in [5.74, 6) is 1.32. The highest BCUT2D eigenvalue weighted by Crippen LogP contribution is 2.30. The summed E-state index contributed by atoms with van der Waals surface area (Å²) in [6.07, 6.45) is 0. The molecule has 1 amide bonds. The predicted molar refractivity (Wildman–Crippen MR) is 130 cm³/mol. The van der Waals surface area contributed by atoms with Crippen LogP contribution in [0.1, 0.15) is 5.56 Å². The number of hydrogen-bond acceptors (Lipinski definition) is 6. The van der Waals surface area contributed by atoms with Crippen LogP contribution in [0.15, 0.2) is 78.0 Å². The molecule has 1 heterocycles. The van der Waals surface area contributed by atoms with E-state index in [0.717, 1.165) is 11.1 Å². The molecule has 3 aromatic carbocycles. The molecular formula is C25H23FN4O3S. The molecule has 174 valence electrons. The zero-order valence-corrected chi connectivity index (χ0v) is 19.5. The quantitative estimate of drug-likeness (QED) is 0.346. The average Bonchev–Trinajstić information content (AvgIpc) is 3.26. The van der Waals surface area contributed by atoms with Crippen LogP contribution in [0, 0.1) is 5.82 Å². The second kappa shape index (κ2) is 10.8. The van der Waals surface area contributed by atoms with Crippen molar-refractivity contribution in [3.8, 4) is 22.9 Å². The number of nitrogens with one attached hydrogen (secondary N) is 1. The summed E-state index contributed by atoms with van der Waals surface area (Å²) in [5.41, 5.74) is 2.40. The number of thioether (sulfide) groups is 1. The van der Waals surface area contributed by atoms with Gasteiger partial charge in [0.2, 0.25) is 5.91 Å². The van der Waals surface area contributed by atoms with Gasteiger partial charge in [-0.1, -0.05) is 42.1 Å². The second-order valence-corrected chi connectivity index (χ2v) is 8.23. The van der Waals surface area contributed by atoms with Gasteiger partial charge in [-0.25, -0.2) is 4.39 Å². The summed E-state index contributed by atoms with van der Waals surface area (Å²) in [4.78, 5) is 12.6. The van der Waals surface area contributed by atoms with E-state index < -0.39 is 0 Å². The van der Waals surface area contributed by atoms with Crippen molar-refractivity contribution in [2.24, 2.45) is 0 Å². The smallest absolute Gasteiger partial charge is 0.234 e. The van der Waals surface area contributed by atoms with E-state index in [1.165, 1.54) is 31.0 Å². The van der Waals surface area contributed by atoms with Crippen molar-refractivity contribution < 1.29 is 18.7 Å². The minimum atomic E-state index is -0.320.